The van der Waals surface area contributed by atoms with Gasteiger partial charge in [0.2, 0.25) is 0 Å². The summed E-state index contributed by atoms with van der Waals surface area (Å²) >= 11 is 0. The Morgan fingerprint density at radius 1 is 1.56 bits per heavy atom. The minimum absolute atomic E-state index is 2.19. The van der Waals surface area contributed by atoms with Gasteiger partial charge in [0.1, 0.15) is 0 Å². The van der Waals surface area contributed by atoms with Gasteiger partial charge in [-0.25, -0.2) is 4.39 Å². The number of hydrogen-bond donors (Lipinski definition) is 2. The fraction of sp³-hybridized carbons (Fsp3) is 1.00. The van der Waals surface area contributed by atoms with Crippen LogP contribution in [0.4, 0.5) is 8.78 Å². The van der Waals surface area contributed by atoms with E-state index in [4.69, 9.17) is 9.66 Å². The lowest BCUT2D eigenvalue weighted by Gasteiger charge is -2.08. The van der Waals surface area contributed by atoms with Crippen LogP contribution < -0.4 is 0 Å². The Bertz CT molecular complexity index is 183. The lowest BCUT2D eigenvalue weighted by atomic mass is 10.8. The van der Waals surface area contributed by atoms with Crippen molar-refractivity contribution in [1.82, 2.24) is 0 Å². The Balaban J connectivity index is 4.56. The third-order valence-corrected chi connectivity index (χ3v) is 1.46. The van der Waals surface area contributed by atoms with Gasteiger partial charge in [0.15, 0.2) is 6.67 Å². The summed E-state index contributed by atoms with van der Waals surface area (Å²) in [5, 5.41) is 3.62. The van der Waals surface area contributed by atoms with Crippen molar-refractivity contribution < 1.29 is 26.9 Å². The normalized spacial score (nSPS) is 19.1. The molecule has 0 heterocycles. The summed E-state index contributed by atoms with van der Waals surface area (Å²) in [6, 6.07) is 0. The number of aliphatic hydroxyl groups is 1. The molecule has 0 aromatic heterocycles. The van der Waals surface area contributed by atoms with Gasteiger partial charge in [0.25, 0.3) is 0 Å². The molecule has 7 heteroatoms. The van der Waals surface area contributed by atoms with Crippen LogP contribution in [0.25, 0.3) is 0 Å². The molecule has 0 aliphatic carbocycles. The maximum absolute atomic E-state index is 11.7. The molecule has 56 valence electrons. The fourth-order valence-corrected chi connectivity index (χ4v) is 0.207. The van der Waals surface area contributed by atoms with E-state index >= 15 is 0 Å². The molecule has 1 atom stereocenters. The summed E-state index contributed by atoms with van der Waals surface area (Å²) in [7, 11) is -5.34. The monoisotopic (exact) mass is 162 g/mol. The van der Waals surface area contributed by atoms with Crippen molar-refractivity contribution in [2.24, 2.45) is 0 Å². The van der Waals surface area contributed by atoms with Crippen LogP contribution in [0.15, 0.2) is 0 Å². The van der Waals surface area contributed by atoms with Crippen LogP contribution in [0.5, 0.6) is 0 Å². The van der Waals surface area contributed by atoms with Crippen molar-refractivity contribution in [2.75, 3.05) is 6.67 Å². The topological polar surface area (TPSA) is 74.6 Å². The van der Waals surface area contributed by atoms with E-state index in [-0.39, 0.29) is 0 Å². The Hall–Kier alpha value is -0.270. The van der Waals surface area contributed by atoms with Crippen molar-refractivity contribution in [3.8, 4) is 0 Å². The summed E-state index contributed by atoms with van der Waals surface area (Å²) in [5.41, 5.74) is 0. The molecule has 9 heavy (non-hydrogen) atoms. The van der Waals surface area contributed by atoms with Gasteiger partial charge in [-0.2, -0.15) is 12.8 Å². The van der Waals surface area contributed by atoms with Crippen LogP contribution in [0.3, 0.4) is 0 Å². The highest BCUT2D eigenvalue weighted by Crippen LogP contribution is 2.13. The summed E-state index contributed by atoms with van der Waals surface area (Å²) in [6.45, 7) is -2.19. The average molecular weight is 162 g/mol. The van der Waals surface area contributed by atoms with Crippen molar-refractivity contribution in [3.05, 3.63) is 0 Å². The maximum Gasteiger partial charge on any atom is 0.362 e. The molecule has 0 spiro atoms. The van der Waals surface area contributed by atoms with Crippen molar-refractivity contribution in [2.45, 2.75) is 5.19 Å². The van der Waals surface area contributed by atoms with E-state index < -0.39 is 22.0 Å². The Morgan fingerprint density at radius 2 is 1.89 bits per heavy atom. The molecule has 0 aromatic carbocycles. The quantitative estimate of drug-likeness (QED) is 0.534. The van der Waals surface area contributed by atoms with Gasteiger partial charge in [0, 0.05) is 0 Å². The Labute approximate surface area is 49.9 Å². The van der Waals surface area contributed by atoms with Gasteiger partial charge in [-0.1, -0.05) is 0 Å². The third-order valence-electron chi connectivity index (χ3n) is 0.560. The highest BCUT2D eigenvalue weighted by Gasteiger charge is 2.41. The van der Waals surface area contributed by atoms with Gasteiger partial charge in [-0.3, -0.25) is 4.55 Å². The first-order valence-corrected chi connectivity index (χ1v) is 3.19. The van der Waals surface area contributed by atoms with E-state index in [1.54, 1.807) is 0 Å². The van der Waals surface area contributed by atoms with E-state index in [0.717, 1.165) is 0 Å². The molecule has 0 aliphatic heterocycles. The van der Waals surface area contributed by atoms with E-state index in [1.165, 1.54) is 0 Å². The van der Waals surface area contributed by atoms with Crippen LogP contribution in [-0.2, 0) is 10.1 Å². The molecular formula is C2H4F2O4S. The second-order valence-corrected chi connectivity index (χ2v) is 2.87. The Morgan fingerprint density at radius 3 is 1.89 bits per heavy atom. The van der Waals surface area contributed by atoms with E-state index in [1.807, 2.05) is 0 Å². The molecule has 0 amide bonds. The molecule has 0 aliphatic rings. The minimum Gasteiger partial charge on any atom is -0.346 e. The molecule has 1 unspecified atom stereocenters. The maximum atomic E-state index is 11.7. The summed E-state index contributed by atoms with van der Waals surface area (Å²) in [5.74, 6) is 0. The minimum atomic E-state index is -5.34. The summed E-state index contributed by atoms with van der Waals surface area (Å²) < 4.78 is 49.6. The second-order valence-electron chi connectivity index (χ2n) is 1.30. The van der Waals surface area contributed by atoms with Crippen molar-refractivity contribution >= 4 is 10.1 Å². The standard InChI is InChI=1S/C2H4F2O4S/c3-1-2(4,5)9(6,7)8/h5H,1H2,(H,6,7,8). The molecule has 0 radical (unpaired) electrons. The first-order valence-electron chi connectivity index (χ1n) is 1.75. The zero-order chi connectivity index (χ0) is 7.71. The predicted octanol–water partition coefficient (Wildman–Crippen LogP) is -0.541. The summed E-state index contributed by atoms with van der Waals surface area (Å²) in [6.07, 6.45) is 0. The van der Waals surface area contributed by atoms with Gasteiger partial charge < -0.3 is 5.11 Å². The first kappa shape index (κ1) is 8.73. The van der Waals surface area contributed by atoms with Gasteiger partial charge in [-0.15, -0.1) is 0 Å². The SMILES string of the molecule is O=S(=O)(O)C(O)(F)CF. The Kier molecular flexibility index (Phi) is 2.10. The molecule has 0 saturated heterocycles. The molecular weight excluding hydrogens is 158 g/mol. The van der Waals surface area contributed by atoms with Crippen molar-refractivity contribution in [3.63, 3.8) is 0 Å². The number of alkyl halides is 2. The first-order chi connectivity index (χ1) is 3.81. The average Bonchev–Trinajstić information content (AvgIpc) is 1.64. The molecule has 0 saturated carbocycles. The molecule has 4 nitrogen and oxygen atoms in total. The largest absolute Gasteiger partial charge is 0.362 e. The highest BCUT2D eigenvalue weighted by molar-refractivity contribution is 7.86. The lowest BCUT2D eigenvalue weighted by Crippen LogP contribution is -2.35. The fourth-order valence-electron chi connectivity index (χ4n) is 0.0689. The third kappa shape index (κ3) is 1.84. The molecule has 0 aromatic rings. The van der Waals surface area contributed by atoms with Gasteiger partial charge in [0.05, 0.1) is 0 Å². The highest BCUT2D eigenvalue weighted by atomic mass is 32.2. The van der Waals surface area contributed by atoms with E-state index in [9.17, 15) is 17.2 Å². The van der Waals surface area contributed by atoms with E-state index in [0.29, 0.717) is 0 Å². The molecule has 2 N–H and O–H groups in total. The molecule has 0 bridgehead atoms. The number of halogens is 2. The number of hydrogen-bond acceptors (Lipinski definition) is 3. The lowest BCUT2D eigenvalue weighted by molar-refractivity contribution is -0.0331. The zero-order valence-electron chi connectivity index (χ0n) is 4.08. The number of rotatable bonds is 2. The second kappa shape index (κ2) is 2.16. The predicted molar refractivity (Wildman–Crippen MR) is 23.6 cm³/mol. The van der Waals surface area contributed by atoms with Crippen LogP contribution in [0, 0.1) is 0 Å². The zero-order valence-corrected chi connectivity index (χ0v) is 4.90. The smallest absolute Gasteiger partial charge is 0.346 e. The van der Waals surface area contributed by atoms with E-state index in [2.05, 4.69) is 0 Å². The van der Waals surface area contributed by atoms with Gasteiger partial charge >= 0.3 is 15.3 Å². The van der Waals surface area contributed by atoms with Gasteiger partial charge in [-0.05, 0) is 0 Å². The molecule has 0 rings (SSSR count). The van der Waals surface area contributed by atoms with Crippen LogP contribution in [0.1, 0.15) is 0 Å². The molecule has 0 fully saturated rings. The van der Waals surface area contributed by atoms with Crippen LogP contribution in [0.2, 0.25) is 0 Å². The summed E-state index contributed by atoms with van der Waals surface area (Å²) in [4.78, 5) is 0. The van der Waals surface area contributed by atoms with Crippen molar-refractivity contribution in [1.29, 1.82) is 0 Å². The van der Waals surface area contributed by atoms with Crippen LogP contribution in [-0.4, -0.2) is 29.9 Å². The van der Waals surface area contributed by atoms with Crippen LogP contribution >= 0.6 is 0 Å².